The monoisotopic (exact) mass is 212 g/mol. The van der Waals surface area contributed by atoms with Crippen molar-refractivity contribution in [3.8, 4) is 17.2 Å². The standard InChI is InChI=1S/C10H16N2O3/c1-14-8-4-3-6(7(12)5-11)9(13)10(8)15-2/h3-4,7,13H,5,11-12H2,1-2H3/t7-/m1/s1. The van der Waals surface area contributed by atoms with E-state index >= 15 is 0 Å². The van der Waals surface area contributed by atoms with Crippen LogP contribution in [-0.2, 0) is 0 Å². The number of nitrogens with two attached hydrogens (primary N) is 2. The number of rotatable bonds is 4. The van der Waals surface area contributed by atoms with Gasteiger partial charge in [0.05, 0.1) is 14.2 Å². The second-order valence-corrected chi connectivity index (χ2v) is 3.08. The van der Waals surface area contributed by atoms with Crippen LogP contribution in [0.2, 0.25) is 0 Å². The number of phenolic OH excluding ortho intramolecular Hbond substituents is 1. The predicted octanol–water partition coefficient (Wildman–Crippen LogP) is 0.368. The van der Waals surface area contributed by atoms with Crippen LogP contribution < -0.4 is 20.9 Å². The topological polar surface area (TPSA) is 90.7 Å². The normalized spacial score (nSPS) is 12.3. The summed E-state index contributed by atoms with van der Waals surface area (Å²) in [6.07, 6.45) is 0. The Morgan fingerprint density at radius 3 is 2.47 bits per heavy atom. The van der Waals surface area contributed by atoms with Gasteiger partial charge in [-0.25, -0.2) is 0 Å². The van der Waals surface area contributed by atoms with Crippen molar-refractivity contribution in [2.75, 3.05) is 20.8 Å². The number of aromatic hydroxyl groups is 1. The summed E-state index contributed by atoms with van der Waals surface area (Å²) in [5.41, 5.74) is 11.7. The molecule has 0 radical (unpaired) electrons. The van der Waals surface area contributed by atoms with Gasteiger partial charge in [-0.1, -0.05) is 0 Å². The van der Waals surface area contributed by atoms with Crippen LogP contribution in [0.3, 0.4) is 0 Å². The first-order valence-electron chi connectivity index (χ1n) is 4.55. The van der Waals surface area contributed by atoms with E-state index in [2.05, 4.69) is 0 Å². The van der Waals surface area contributed by atoms with Crippen LogP contribution in [0.1, 0.15) is 11.6 Å². The van der Waals surface area contributed by atoms with E-state index in [0.717, 1.165) is 0 Å². The Labute approximate surface area is 88.6 Å². The van der Waals surface area contributed by atoms with Gasteiger partial charge in [0.2, 0.25) is 5.75 Å². The molecule has 1 aromatic carbocycles. The Kier molecular flexibility index (Phi) is 3.76. The molecule has 0 saturated carbocycles. The third kappa shape index (κ3) is 2.14. The predicted molar refractivity (Wildman–Crippen MR) is 57.2 cm³/mol. The molecule has 0 bridgehead atoms. The summed E-state index contributed by atoms with van der Waals surface area (Å²) in [5.74, 6) is 0.719. The number of benzene rings is 1. The Bertz CT molecular complexity index is 342. The van der Waals surface area contributed by atoms with Crippen LogP contribution in [0, 0.1) is 0 Å². The number of ether oxygens (including phenoxy) is 2. The SMILES string of the molecule is COc1ccc([C@H](N)CN)c(O)c1OC. The van der Waals surface area contributed by atoms with Gasteiger partial charge in [-0.15, -0.1) is 0 Å². The van der Waals surface area contributed by atoms with Gasteiger partial charge in [-0.05, 0) is 12.1 Å². The highest BCUT2D eigenvalue weighted by Crippen LogP contribution is 2.40. The maximum Gasteiger partial charge on any atom is 0.203 e. The van der Waals surface area contributed by atoms with E-state index in [9.17, 15) is 5.11 Å². The number of phenols is 1. The van der Waals surface area contributed by atoms with Gasteiger partial charge in [0.15, 0.2) is 11.5 Å². The van der Waals surface area contributed by atoms with Gasteiger partial charge in [-0.3, -0.25) is 0 Å². The van der Waals surface area contributed by atoms with Crippen molar-refractivity contribution < 1.29 is 14.6 Å². The lowest BCUT2D eigenvalue weighted by Gasteiger charge is -2.15. The smallest absolute Gasteiger partial charge is 0.203 e. The van der Waals surface area contributed by atoms with Crippen LogP contribution in [0.4, 0.5) is 0 Å². The third-order valence-electron chi connectivity index (χ3n) is 2.20. The zero-order chi connectivity index (χ0) is 11.4. The zero-order valence-corrected chi connectivity index (χ0v) is 8.86. The first-order valence-corrected chi connectivity index (χ1v) is 4.55. The first kappa shape index (κ1) is 11.6. The minimum atomic E-state index is -0.412. The number of hydrogen-bond acceptors (Lipinski definition) is 5. The summed E-state index contributed by atoms with van der Waals surface area (Å²) in [7, 11) is 2.95. The highest BCUT2D eigenvalue weighted by molar-refractivity contribution is 5.55. The van der Waals surface area contributed by atoms with Crippen molar-refractivity contribution in [1.29, 1.82) is 0 Å². The molecular formula is C10H16N2O3. The molecule has 0 heterocycles. The first-order chi connectivity index (χ1) is 7.15. The Morgan fingerprint density at radius 1 is 1.33 bits per heavy atom. The number of hydrogen-bond donors (Lipinski definition) is 3. The summed E-state index contributed by atoms with van der Waals surface area (Å²) in [5, 5.41) is 9.86. The molecule has 0 aliphatic heterocycles. The van der Waals surface area contributed by atoms with Crippen molar-refractivity contribution in [3.05, 3.63) is 17.7 Å². The third-order valence-corrected chi connectivity index (χ3v) is 2.20. The molecular weight excluding hydrogens is 196 g/mol. The molecule has 1 atom stereocenters. The average Bonchev–Trinajstić information content (AvgIpc) is 2.27. The van der Waals surface area contributed by atoms with Crippen LogP contribution in [0.25, 0.3) is 0 Å². The van der Waals surface area contributed by atoms with Gasteiger partial charge in [0, 0.05) is 18.2 Å². The minimum Gasteiger partial charge on any atom is -0.504 e. The fourth-order valence-electron chi connectivity index (χ4n) is 1.35. The van der Waals surface area contributed by atoms with Crippen LogP contribution in [0.5, 0.6) is 17.2 Å². The van der Waals surface area contributed by atoms with Crippen LogP contribution >= 0.6 is 0 Å². The summed E-state index contributed by atoms with van der Waals surface area (Å²) in [4.78, 5) is 0. The average molecular weight is 212 g/mol. The molecule has 0 amide bonds. The molecule has 0 spiro atoms. The van der Waals surface area contributed by atoms with Gasteiger partial charge in [-0.2, -0.15) is 0 Å². The molecule has 1 aromatic rings. The summed E-state index contributed by atoms with van der Waals surface area (Å²) in [6.45, 7) is 0.253. The largest absolute Gasteiger partial charge is 0.504 e. The van der Waals surface area contributed by atoms with Crippen molar-refractivity contribution in [1.82, 2.24) is 0 Å². The Morgan fingerprint density at radius 2 is 2.00 bits per heavy atom. The molecule has 0 fully saturated rings. The molecule has 0 saturated heterocycles. The summed E-state index contributed by atoms with van der Waals surface area (Å²) in [6, 6.07) is 2.95. The lowest BCUT2D eigenvalue weighted by molar-refractivity contribution is 0.330. The molecule has 1 rings (SSSR count). The molecule has 0 aromatic heterocycles. The van der Waals surface area contributed by atoms with Crippen molar-refractivity contribution in [3.63, 3.8) is 0 Å². The van der Waals surface area contributed by atoms with Crippen molar-refractivity contribution in [2.45, 2.75) is 6.04 Å². The molecule has 5 heteroatoms. The van der Waals surface area contributed by atoms with E-state index in [1.165, 1.54) is 14.2 Å². The van der Waals surface area contributed by atoms with Crippen molar-refractivity contribution >= 4 is 0 Å². The molecule has 0 aliphatic rings. The van der Waals surface area contributed by atoms with Crippen LogP contribution in [0.15, 0.2) is 12.1 Å². The van der Waals surface area contributed by atoms with E-state index < -0.39 is 6.04 Å². The molecule has 0 aliphatic carbocycles. The van der Waals surface area contributed by atoms with Gasteiger partial charge in [0.1, 0.15) is 0 Å². The molecule has 0 unspecified atom stereocenters. The zero-order valence-electron chi connectivity index (χ0n) is 8.86. The van der Waals surface area contributed by atoms with E-state index in [0.29, 0.717) is 11.3 Å². The summed E-state index contributed by atoms with van der Waals surface area (Å²) < 4.78 is 10.1. The fourth-order valence-corrected chi connectivity index (χ4v) is 1.35. The van der Waals surface area contributed by atoms with Crippen LogP contribution in [-0.4, -0.2) is 25.9 Å². The second-order valence-electron chi connectivity index (χ2n) is 3.08. The molecule has 5 N–H and O–H groups in total. The highest BCUT2D eigenvalue weighted by atomic mass is 16.5. The van der Waals surface area contributed by atoms with E-state index in [4.69, 9.17) is 20.9 Å². The quantitative estimate of drug-likeness (QED) is 0.670. The lowest BCUT2D eigenvalue weighted by Crippen LogP contribution is -2.20. The minimum absolute atomic E-state index is 0.0187. The maximum atomic E-state index is 9.86. The van der Waals surface area contributed by atoms with Gasteiger partial charge < -0.3 is 26.0 Å². The Balaban J connectivity index is 3.22. The maximum absolute atomic E-state index is 9.86. The number of methoxy groups -OCH3 is 2. The fraction of sp³-hybridized carbons (Fsp3) is 0.400. The molecule has 15 heavy (non-hydrogen) atoms. The molecule has 84 valence electrons. The van der Waals surface area contributed by atoms with E-state index in [1.54, 1.807) is 12.1 Å². The van der Waals surface area contributed by atoms with E-state index in [1.807, 2.05) is 0 Å². The second kappa shape index (κ2) is 4.86. The van der Waals surface area contributed by atoms with Gasteiger partial charge in [0.25, 0.3) is 0 Å². The lowest BCUT2D eigenvalue weighted by atomic mass is 10.1. The van der Waals surface area contributed by atoms with Crippen molar-refractivity contribution in [2.24, 2.45) is 11.5 Å². The summed E-state index contributed by atoms with van der Waals surface area (Å²) >= 11 is 0. The van der Waals surface area contributed by atoms with E-state index in [-0.39, 0.29) is 18.0 Å². The highest BCUT2D eigenvalue weighted by Gasteiger charge is 2.17. The molecule has 5 nitrogen and oxygen atoms in total. The van der Waals surface area contributed by atoms with Gasteiger partial charge >= 0.3 is 0 Å². The Hall–Kier alpha value is -1.46.